The molecule has 0 aromatic rings. The van der Waals surface area contributed by atoms with Gasteiger partial charge in [0.25, 0.3) is 0 Å². The summed E-state index contributed by atoms with van der Waals surface area (Å²) >= 11 is 0. The molecule has 1 fully saturated rings. The minimum atomic E-state index is -4.55. The van der Waals surface area contributed by atoms with Crippen molar-refractivity contribution < 1.29 is 27.5 Å². The maximum atomic E-state index is 11.9. The van der Waals surface area contributed by atoms with Gasteiger partial charge in [-0.05, 0) is 26.9 Å². The lowest BCUT2D eigenvalue weighted by Crippen LogP contribution is -2.45. The van der Waals surface area contributed by atoms with Crippen LogP contribution in [0.2, 0.25) is 0 Å². The number of piperidine rings is 1. The Balaban J connectivity index is 2.17. The Morgan fingerprint density at radius 3 is 2.36 bits per heavy atom. The predicted molar refractivity (Wildman–Crippen MR) is 73.3 cm³/mol. The highest BCUT2D eigenvalue weighted by Gasteiger charge is 2.29. The SMILES string of the molecule is CN(C)C1CCN(C(=O)CCNC(=O)OCC(F)(F)F)CC1. The molecule has 2 amide bonds. The molecule has 0 saturated carbocycles. The molecule has 1 aliphatic heterocycles. The Hall–Kier alpha value is -1.51. The van der Waals surface area contributed by atoms with Gasteiger partial charge in [0.2, 0.25) is 5.91 Å². The number of carbonyl (C=O) groups excluding carboxylic acids is 2. The average molecular weight is 325 g/mol. The molecule has 6 nitrogen and oxygen atoms in total. The summed E-state index contributed by atoms with van der Waals surface area (Å²) in [6.07, 6.45) is -3.89. The Morgan fingerprint density at radius 2 is 1.86 bits per heavy atom. The number of rotatable bonds is 5. The number of hydrogen-bond donors (Lipinski definition) is 1. The number of ether oxygens (including phenoxy) is 1. The predicted octanol–water partition coefficient (Wildman–Crippen LogP) is 1.22. The van der Waals surface area contributed by atoms with Crippen molar-refractivity contribution in [1.82, 2.24) is 15.1 Å². The summed E-state index contributed by atoms with van der Waals surface area (Å²) in [6.45, 7) is -0.367. The summed E-state index contributed by atoms with van der Waals surface area (Å²) < 4.78 is 39.5. The van der Waals surface area contributed by atoms with Gasteiger partial charge in [-0.15, -0.1) is 0 Å². The number of hydrogen-bond acceptors (Lipinski definition) is 4. The second-order valence-electron chi connectivity index (χ2n) is 5.44. The van der Waals surface area contributed by atoms with E-state index in [1.807, 2.05) is 14.1 Å². The van der Waals surface area contributed by atoms with E-state index in [4.69, 9.17) is 0 Å². The Labute approximate surface area is 127 Å². The van der Waals surface area contributed by atoms with Crippen LogP contribution in [0.25, 0.3) is 0 Å². The zero-order valence-corrected chi connectivity index (χ0v) is 12.8. The van der Waals surface area contributed by atoms with Gasteiger partial charge in [0, 0.05) is 32.1 Å². The number of nitrogens with one attached hydrogen (secondary N) is 1. The van der Waals surface area contributed by atoms with Crippen molar-refractivity contribution in [3.8, 4) is 0 Å². The van der Waals surface area contributed by atoms with Gasteiger partial charge in [0.15, 0.2) is 6.61 Å². The number of halogens is 3. The van der Waals surface area contributed by atoms with Crippen molar-refractivity contribution in [2.24, 2.45) is 0 Å². The van der Waals surface area contributed by atoms with Crippen LogP contribution in [0.5, 0.6) is 0 Å². The Kier molecular flexibility index (Phi) is 6.92. The van der Waals surface area contributed by atoms with E-state index < -0.39 is 18.9 Å². The molecule has 1 aliphatic rings. The zero-order valence-electron chi connectivity index (χ0n) is 12.8. The van der Waals surface area contributed by atoms with E-state index in [1.165, 1.54) is 0 Å². The number of carbonyl (C=O) groups is 2. The monoisotopic (exact) mass is 325 g/mol. The molecule has 0 bridgehead atoms. The summed E-state index contributed by atoms with van der Waals surface area (Å²) in [5, 5.41) is 2.14. The summed E-state index contributed by atoms with van der Waals surface area (Å²) in [4.78, 5) is 26.8. The molecule has 1 heterocycles. The highest BCUT2D eigenvalue weighted by molar-refractivity contribution is 5.77. The van der Waals surface area contributed by atoms with Crippen molar-refractivity contribution in [1.29, 1.82) is 0 Å². The van der Waals surface area contributed by atoms with Crippen molar-refractivity contribution in [2.75, 3.05) is 40.3 Å². The van der Waals surface area contributed by atoms with Crippen molar-refractivity contribution in [2.45, 2.75) is 31.5 Å². The molecule has 0 aromatic carbocycles. The fraction of sp³-hybridized carbons (Fsp3) is 0.846. The summed E-state index contributed by atoms with van der Waals surface area (Å²) in [6, 6.07) is 0.458. The van der Waals surface area contributed by atoms with Gasteiger partial charge in [-0.25, -0.2) is 4.79 Å². The second-order valence-corrected chi connectivity index (χ2v) is 5.44. The number of alkyl carbamates (subject to hydrolysis) is 1. The van der Waals surface area contributed by atoms with E-state index >= 15 is 0 Å². The summed E-state index contributed by atoms with van der Waals surface area (Å²) in [5.74, 6) is -0.117. The van der Waals surface area contributed by atoms with E-state index in [0.29, 0.717) is 19.1 Å². The highest BCUT2D eigenvalue weighted by Crippen LogP contribution is 2.15. The molecule has 22 heavy (non-hydrogen) atoms. The highest BCUT2D eigenvalue weighted by atomic mass is 19.4. The second kappa shape index (κ2) is 8.21. The van der Waals surface area contributed by atoms with E-state index in [1.54, 1.807) is 4.90 Å². The molecule has 0 unspecified atom stereocenters. The van der Waals surface area contributed by atoms with Crippen molar-refractivity contribution in [3.05, 3.63) is 0 Å². The van der Waals surface area contributed by atoms with Gasteiger partial charge in [0.1, 0.15) is 0 Å². The fourth-order valence-corrected chi connectivity index (χ4v) is 2.26. The molecule has 0 atom stereocenters. The standard InChI is InChI=1S/C13H22F3N3O3/c1-18(2)10-4-7-19(8-5-10)11(20)3-6-17-12(21)22-9-13(14,15)16/h10H,3-9H2,1-2H3,(H,17,21). The topological polar surface area (TPSA) is 61.9 Å². The van der Waals surface area contributed by atoms with Gasteiger partial charge in [-0.2, -0.15) is 13.2 Å². The molecule has 128 valence electrons. The number of nitrogens with zero attached hydrogens (tertiary/aromatic N) is 2. The first kappa shape index (κ1) is 18.5. The maximum Gasteiger partial charge on any atom is 0.422 e. The van der Waals surface area contributed by atoms with Crippen LogP contribution in [0.3, 0.4) is 0 Å². The Morgan fingerprint density at radius 1 is 1.27 bits per heavy atom. The van der Waals surface area contributed by atoms with Crippen LogP contribution in [0.15, 0.2) is 0 Å². The third-order valence-corrected chi connectivity index (χ3v) is 3.52. The quantitative estimate of drug-likeness (QED) is 0.825. The number of alkyl halides is 3. The minimum absolute atomic E-state index is 0.0386. The summed E-state index contributed by atoms with van der Waals surface area (Å²) in [5.41, 5.74) is 0. The largest absolute Gasteiger partial charge is 0.440 e. The molecular weight excluding hydrogens is 303 g/mol. The lowest BCUT2D eigenvalue weighted by atomic mass is 10.0. The zero-order chi connectivity index (χ0) is 16.8. The van der Waals surface area contributed by atoms with Crippen LogP contribution in [-0.2, 0) is 9.53 Å². The molecule has 9 heteroatoms. The first-order valence-electron chi connectivity index (χ1n) is 7.10. The van der Waals surface area contributed by atoms with Gasteiger partial charge in [-0.3, -0.25) is 4.79 Å². The average Bonchev–Trinajstić information content (AvgIpc) is 2.44. The molecular formula is C13H22F3N3O3. The molecule has 1 rings (SSSR count). The fourth-order valence-electron chi connectivity index (χ4n) is 2.26. The molecule has 1 saturated heterocycles. The number of likely N-dealkylation sites (tertiary alicyclic amines) is 1. The summed E-state index contributed by atoms with van der Waals surface area (Å²) in [7, 11) is 4.00. The van der Waals surface area contributed by atoms with E-state index in [0.717, 1.165) is 12.8 Å². The van der Waals surface area contributed by atoms with Crippen LogP contribution in [-0.4, -0.2) is 74.4 Å². The van der Waals surface area contributed by atoms with Crippen LogP contribution >= 0.6 is 0 Å². The Bertz CT molecular complexity index is 380. The molecule has 0 radical (unpaired) electrons. The molecule has 0 aliphatic carbocycles. The van der Waals surface area contributed by atoms with Gasteiger partial charge >= 0.3 is 12.3 Å². The van der Waals surface area contributed by atoms with Crippen molar-refractivity contribution >= 4 is 12.0 Å². The molecule has 0 aromatic heterocycles. The third kappa shape index (κ3) is 6.97. The van der Waals surface area contributed by atoms with Crippen LogP contribution in [0, 0.1) is 0 Å². The third-order valence-electron chi connectivity index (χ3n) is 3.52. The van der Waals surface area contributed by atoms with E-state index in [2.05, 4.69) is 15.0 Å². The lowest BCUT2D eigenvalue weighted by molar-refractivity contribution is -0.160. The molecule has 0 spiro atoms. The van der Waals surface area contributed by atoms with Gasteiger partial charge < -0.3 is 19.9 Å². The van der Waals surface area contributed by atoms with Crippen LogP contribution in [0.1, 0.15) is 19.3 Å². The van der Waals surface area contributed by atoms with Crippen molar-refractivity contribution in [3.63, 3.8) is 0 Å². The lowest BCUT2D eigenvalue weighted by Gasteiger charge is -2.35. The van der Waals surface area contributed by atoms with Crippen LogP contribution < -0.4 is 5.32 Å². The van der Waals surface area contributed by atoms with E-state index in [-0.39, 0.29) is 18.9 Å². The molecule has 1 N–H and O–H groups in total. The maximum absolute atomic E-state index is 11.9. The first-order valence-corrected chi connectivity index (χ1v) is 7.10. The smallest absolute Gasteiger partial charge is 0.422 e. The van der Waals surface area contributed by atoms with Crippen LogP contribution in [0.4, 0.5) is 18.0 Å². The van der Waals surface area contributed by atoms with Gasteiger partial charge in [0.05, 0.1) is 0 Å². The van der Waals surface area contributed by atoms with E-state index in [9.17, 15) is 22.8 Å². The normalized spacial score (nSPS) is 16.7. The van der Waals surface area contributed by atoms with Gasteiger partial charge in [-0.1, -0.05) is 0 Å². The minimum Gasteiger partial charge on any atom is -0.440 e. The number of amides is 2. The first-order chi connectivity index (χ1) is 10.2.